The molecule has 0 saturated heterocycles. The zero-order chi connectivity index (χ0) is 35.8. The van der Waals surface area contributed by atoms with Crippen LogP contribution in [-0.4, -0.2) is 19.9 Å². The summed E-state index contributed by atoms with van der Waals surface area (Å²) in [6, 6.07) is 67.7. The topological polar surface area (TPSA) is 51.6 Å². The van der Waals surface area contributed by atoms with E-state index in [9.17, 15) is 0 Å². The van der Waals surface area contributed by atoms with E-state index in [1.807, 2.05) is 60.7 Å². The lowest BCUT2D eigenvalue weighted by Crippen LogP contribution is -2.00. The van der Waals surface area contributed by atoms with Crippen LogP contribution in [0.5, 0.6) is 0 Å². The third-order valence-corrected chi connectivity index (χ3v) is 10.1. The monoisotopic (exact) mass is 688 g/mol. The van der Waals surface area contributed by atoms with Crippen LogP contribution in [0.3, 0.4) is 0 Å². The lowest BCUT2D eigenvalue weighted by Gasteiger charge is -2.14. The van der Waals surface area contributed by atoms with Crippen LogP contribution in [-0.2, 0) is 0 Å². The first kappa shape index (κ1) is 31.4. The molecule has 8 aromatic carbocycles. The smallest absolute Gasteiger partial charge is 0.164 e. The van der Waals surface area contributed by atoms with Crippen LogP contribution in [0.4, 0.5) is 0 Å². The van der Waals surface area contributed by atoms with Crippen LogP contribution < -0.4 is 0 Å². The summed E-state index contributed by atoms with van der Waals surface area (Å²) in [6.45, 7) is 0. The van der Waals surface area contributed by atoms with Crippen LogP contribution in [0.2, 0.25) is 0 Å². The van der Waals surface area contributed by atoms with Gasteiger partial charge in [-0.2, -0.15) is 0 Å². The van der Waals surface area contributed by atoms with E-state index in [1.54, 1.807) is 0 Å². The summed E-state index contributed by atoms with van der Waals surface area (Å²) < 4.78 is 0. The molecule has 0 amide bonds. The van der Waals surface area contributed by atoms with Gasteiger partial charge in [0, 0.05) is 33.0 Å². The van der Waals surface area contributed by atoms with Crippen molar-refractivity contribution in [1.29, 1.82) is 0 Å². The summed E-state index contributed by atoms with van der Waals surface area (Å²) in [5.41, 5.74) is 10.2. The van der Waals surface area contributed by atoms with Gasteiger partial charge in [-0.15, -0.1) is 0 Å². The minimum atomic E-state index is 0.620. The van der Waals surface area contributed by atoms with Crippen molar-refractivity contribution in [2.45, 2.75) is 0 Å². The third-order valence-electron chi connectivity index (χ3n) is 10.1. The van der Waals surface area contributed by atoms with Crippen molar-refractivity contribution in [3.8, 4) is 67.7 Å². The van der Waals surface area contributed by atoms with E-state index in [4.69, 9.17) is 19.9 Å². The molecule has 0 aliphatic rings. The Morgan fingerprint density at radius 2 is 0.722 bits per heavy atom. The van der Waals surface area contributed by atoms with Gasteiger partial charge < -0.3 is 0 Å². The van der Waals surface area contributed by atoms with E-state index < -0.39 is 0 Å². The molecule has 0 fully saturated rings. The van der Waals surface area contributed by atoms with Crippen molar-refractivity contribution in [2.24, 2.45) is 0 Å². The van der Waals surface area contributed by atoms with Gasteiger partial charge in [-0.3, -0.25) is 0 Å². The minimum Gasteiger partial charge on any atom is -0.247 e. The highest BCUT2D eigenvalue weighted by Gasteiger charge is 2.16. The fourth-order valence-corrected chi connectivity index (χ4v) is 7.34. The maximum atomic E-state index is 5.15. The molecule has 252 valence electrons. The molecule has 10 rings (SSSR count). The molecule has 4 nitrogen and oxygen atoms in total. The normalized spacial score (nSPS) is 11.3. The zero-order valence-electron chi connectivity index (χ0n) is 29.3. The van der Waals surface area contributed by atoms with Crippen LogP contribution in [0.15, 0.2) is 194 Å². The van der Waals surface area contributed by atoms with Crippen LogP contribution in [0.1, 0.15) is 0 Å². The quantitative estimate of drug-likeness (QED) is 0.163. The van der Waals surface area contributed by atoms with Crippen molar-refractivity contribution in [3.63, 3.8) is 0 Å². The molecule has 2 aromatic heterocycles. The van der Waals surface area contributed by atoms with E-state index in [0.717, 1.165) is 66.5 Å². The highest BCUT2D eigenvalue weighted by Crippen LogP contribution is 2.37. The standard InChI is InChI=1S/C50H32N4/c1-3-14-36(15-4-1)48-52-49(37-16-5-2-6-17-37)54-50(53-48)42-31-40(30-41(32-42)39-28-25-33-13-7-8-18-38(33)29-39)34-23-26-35(27-24-34)47-45-21-10-9-19-43(45)44-20-11-12-22-46(44)51-47/h1-32H. The van der Waals surface area contributed by atoms with Gasteiger partial charge in [-0.1, -0.05) is 164 Å². The minimum absolute atomic E-state index is 0.620. The predicted octanol–water partition coefficient (Wildman–Crippen LogP) is 12.7. The number of fused-ring (bicyclic) bond motifs is 4. The molecule has 0 spiro atoms. The van der Waals surface area contributed by atoms with Crippen LogP contribution in [0, 0.1) is 0 Å². The van der Waals surface area contributed by atoms with Gasteiger partial charge in [0.1, 0.15) is 0 Å². The molecule has 0 unspecified atom stereocenters. The van der Waals surface area contributed by atoms with Crippen molar-refractivity contribution in [2.75, 3.05) is 0 Å². The zero-order valence-corrected chi connectivity index (χ0v) is 29.3. The second-order valence-corrected chi connectivity index (χ2v) is 13.5. The molecule has 0 bridgehead atoms. The number of nitrogens with zero attached hydrogens (tertiary/aromatic N) is 4. The molecular weight excluding hydrogens is 657 g/mol. The van der Waals surface area contributed by atoms with E-state index in [2.05, 4.69) is 133 Å². The van der Waals surface area contributed by atoms with E-state index >= 15 is 0 Å². The average Bonchev–Trinajstić information content (AvgIpc) is 3.26. The van der Waals surface area contributed by atoms with Gasteiger partial charge in [0.15, 0.2) is 17.5 Å². The summed E-state index contributed by atoms with van der Waals surface area (Å²) in [7, 11) is 0. The van der Waals surface area contributed by atoms with Gasteiger partial charge in [0.05, 0.1) is 11.2 Å². The Morgan fingerprint density at radius 1 is 0.241 bits per heavy atom. The van der Waals surface area contributed by atoms with Crippen molar-refractivity contribution in [1.82, 2.24) is 19.9 Å². The number of aromatic nitrogens is 4. The molecule has 2 heterocycles. The molecule has 0 radical (unpaired) electrons. The Balaban J connectivity index is 1.14. The maximum absolute atomic E-state index is 5.15. The lowest BCUT2D eigenvalue weighted by atomic mass is 9.93. The first-order valence-electron chi connectivity index (χ1n) is 18.1. The van der Waals surface area contributed by atoms with E-state index in [1.165, 1.54) is 16.2 Å². The molecule has 0 N–H and O–H groups in total. The van der Waals surface area contributed by atoms with Crippen molar-refractivity contribution < 1.29 is 0 Å². The Bertz CT molecular complexity index is 2920. The molecule has 0 atom stereocenters. The SMILES string of the molecule is c1ccc(-c2nc(-c3ccccc3)nc(-c3cc(-c4ccc(-c5nc6ccccc6c6ccccc56)cc4)cc(-c4ccc5ccccc5c4)c3)n2)cc1. The Morgan fingerprint density at radius 3 is 1.41 bits per heavy atom. The first-order valence-corrected chi connectivity index (χ1v) is 18.1. The fourth-order valence-electron chi connectivity index (χ4n) is 7.34. The fraction of sp³-hybridized carbons (Fsp3) is 0. The Kier molecular flexibility index (Phi) is 7.77. The van der Waals surface area contributed by atoms with Crippen LogP contribution >= 0.6 is 0 Å². The number of pyridine rings is 1. The highest BCUT2D eigenvalue weighted by atomic mass is 15.0. The molecule has 54 heavy (non-hydrogen) atoms. The third kappa shape index (κ3) is 5.86. The van der Waals surface area contributed by atoms with Gasteiger partial charge in [-0.05, 0) is 68.7 Å². The van der Waals surface area contributed by atoms with E-state index in [0.29, 0.717) is 17.5 Å². The average molecular weight is 689 g/mol. The predicted molar refractivity (Wildman–Crippen MR) is 223 cm³/mol. The number of para-hydroxylation sites is 1. The van der Waals surface area contributed by atoms with Gasteiger partial charge >= 0.3 is 0 Å². The van der Waals surface area contributed by atoms with E-state index in [-0.39, 0.29) is 0 Å². The maximum Gasteiger partial charge on any atom is 0.164 e. The first-order chi connectivity index (χ1) is 26.7. The summed E-state index contributed by atoms with van der Waals surface area (Å²) in [5, 5.41) is 5.91. The molecular formula is C50H32N4. The second-order valence-electron chi connectivity index (χ2n) is 13.5. The summed E-state index contributed by atoms with van der Waals surface area (Å²) in [5.74, 6) is 1.89. The summed E-state index contributed by atoms with van der Waals surface area (Å²) >= 11 is 0. The Labute approximate surface area is 313 Å². The summed E-state index contributed by atoms with van der Waals surface area (Å²) in [4.78, 5) is 20.3. The number of benzene rings is 8. The van der Waals surface area contributed by atoms with Crippen molar-refractivity contribution in [3.05, 3.63) is 194 Å². The van der Waals surface area contributed by atoms with Crippen molar-refractivity contribution >= 4 is 32.4 Å². The molecule has 0 saturated carbocycles. The molecule has 4 heteroatoms. The number of hydrogen-bond acceptors (Lipinski definition) is 4. The second kappa shape index (κ2) is 13.4. The molecule has 0 aliphatic carbocycles. The lowest BCUT2D eigenvalue weighted by molar-refractivity contribution is 1.07. The highest BCUT2D eigenvalue weighted by molar-refractivity contribution is 6.10. The van der Waals surface area contributed by atoms with Gasteiger partial charge in [0.25, 0.3) is 0 Å². The van der Waals surface area contributed by atoms with Gasteiger partial charge in [0.2, 0.25) is 0 Å². The molecule has 0 aliphatic heterocycles. The summed E-state index contributed by atoms with van der Waals surface area (Å²) in [6.07, 6.45) is 0. The number of hydrogen-bond donors (Lipinski definition) is 0. The van der Waals surface area contributed by atoms with Crippen LogP contribution in [0.25, 0.3) is 100 Å². The molecule has 10 aromatic rings. The largest absolute Gasteiger partial charge is 0.247 e. The van der Waals surface area contributed by atoms with Gasteiger partial charge in [-0.25, -0.2) is 19.9 Å². The number of rotatable bonds is 6. The Hall–Kier alpha value is -7.30.